The van der Waals surface area contributed by atoms with Crippen LogP contribution in [0.3, 0.4) is 0 Å². The molecule has 46 valence electrons. The molecular formula is C8H14. The van der Waals surface area contributed by atoms with Gasteiger partial charge in [-0.15, -0.1) is 0 Å². The highest BCUT2D eigenvalue weighted by atomic mass is 13.9. The highest BCUT2D eigenvalue weighted by Crippen LogP contribution is 2.04. The Kier molecular flexibility index (Phi) is 6.52. The quantitative estimate of drug-likeness (QED) is 0.450. The zero-order valence-electron chi connectivity index (χ0n) is 5.72. The molecule has 8 heavy (non-hydrogen) atoms. The second-order valence-electron chi connectivity index (χ2n) is 1.42. The summed E-state index contributed by atoms with van der Waals surface area (Å²) in [4.78, 5) is 0. The molecule has 0 N–H and O–H groups in total. The van der Waals surface area contributed by atoms with Crippen LogP contribution in [0, 0.1) is 12.8 Å². The van der Waals surface area contributed by atoms with Crippen LogP contribution in [0.15, 0.2) is 12.2 Å². The van der Waals surface area contributed by atoms with Crippen molar-refractivity contribution in [1.82, 2.24) is 0 Å². The lowest BCUT2D eigenvalue weighted by Crippen LogP contribution is -1.79. The first-order valence-corrected chi connectivity index (χ1v) is 3.30. The molecule has 0 heteroatoms. The molecule has 1 rings (SSSR count). The van der Waals surface area contributed by atoms with Gasteiger partial charge in [0.25, 0.3) is 0 Å². The first-order chi connectivity index (χ1) is 4.00. The molecule has 0 spiro atoms. The topological polar surface area (TPSA) is 0 Å². The van der Waals surface area contributed by atoms with E-state index in [0.717, 1.165) is 12.8 Å². The summed E-state index contributed by atoms with van der Waals surface area (Å²) >= 11 is 0. The van der Waals surface area contributed by atoms with Crippen molar-refractivity contribution in [3.8, 4) is 0 Å². The summed E-state index contributed by atoms with van der Waals surface area (Å²) in [6, 6.07) is 0. The van der Waals surface area contributed by atoms with Gasteiger partial charge >= 0.3 is 0 Å². The summed E-state index contributed by atoms with van der Waals surface area (Å²) in [6.45, 7) is 4.00. The molecule has 0 amide bonds. The van der Waals surface area contributed by atoms with Gasteiger partial charge in [-0.05, 0) is 25.7 Å². The Hall–Kier alpha value is -0.260. The van der Waals surface area contributed by atoms with E-state index < -0.39 is 0 Å². The predicted molar refractivity (Wildman–Crippen MR) is 38.3 cm³/mol. The average Bonchev–Trinajstić information content (AvgIpc) is 1.96. The van der Waals surface area contributed by atoms with Gasteiger partial charge in [0.15, 0.2) is 0 Å². The maximum absolute atomic E-state index is 2.25. The number of rotatable bonds is 0. The summed E-state index contributed by atoms with van der Waals surface area (Å²) in [6.07, 6.45) is 11.0. The van der Waals surface area contributed by atoms with Gasteiger partial charge < -0.3 is 0 Å². The van der Waals surface area contributed by atoms with E-state index in [9.17, 15) is 0 Å². The molecule has 0 aromatic heterocycles. The van der Waals surface area contributed by atoms with Crippen LogP contribution in [0.25, 0.3) is 0 Å². The number of hydrogen-bond acceptors (Lipinski definition) is 0. The maximum atomic E-state index is 2.25. The predicted octanol–water partition coefficient (Wildman–Crippen LogP) is 2.77. The normalized spacial score (nSPS) is 16.8. The number of allylic oxidation sites excluding steroid dienone is 2. The molecule has 0 aromatic rings. The van der Waals surface area contributed by atoms with Crippen LogP contribution in [0.5, 0.6) is 0 Å². The standard InChI is InChI=1S/C6H8.C2H6/c1-2-4-6-5-3-1;1-2/h1-3,6H,4-5H2;1-2H3. The lowest BCUT2D eigenvalue weighted by atomic mass is 10.1. The van der Waals surface area contributed by atoms with Crippen molar-refractivity contribution >= 4 is 0 Å². The Bertz CT molecular complexity index is 45.1. The first-order valence-electron chi connectivity index (χ1n) is 3.30. The Morgan fingerprint density at radius 1 is 1.12 bits per heavy atom. The van der Waals surface area contributed by atoms with Crippen LogP contribution in [0.4, 0.5) is 0 Å². The third-order valence-electron chi connectivity index (χ3n) is 0.878. The van der Waals surface area contributed by atoms with Gasteiger partial charge in [-0.25, -0.2) is 0 Å². The minimum Gasteiger partial charge on any atom is -0.0880 e. The van der Waals surface area contributed by atoms with E-state index in [1.54, 1.807) is 0 Å². The number of hydrogen-bond donors (Lipinski definition) is 0. The monoisotopic (exact) mass is 110 g/mol. The van der Waals surface area contributed by atoms with Crippen molar-refractivity contribution < 1.29 is 0 Å². The van der Waals surface area contributed by atoms with Gasteiger partial charge in [0, 0.05) is 0 Å². The second kappa shape index (κ2) is 6.74. The SMILES string of the molecule is CC.[CH]1C=CC[CH]C1. The second-order valence-corrected chi connectivity index (χ2v) is 1.42. The molecule has 0 aromatic carbocycles. The van der Waals surface area contributed by atoms with Crippen LogP contribution in [-0.4, -0.2) is 0 Å². The summed E-state index contributed by atoms with van der Waals surface area (Å²) in [7, 11) is 0. The first kappa shape index (κ1) is 7.74. The average molecular weight is 110 g/mol. The molecule has 1 aliphatic rings. The van der Waals surface area contributed by atoms with Crippen molar-refractivity contribution in [3.05, 3.63) is 25.0 Å². The van der Waals surface area contributed by atoms with E-state index in [1.165, 1.54) is 0 Å². The molecule has 0 saturated heterocycles. The van der Waals surface area contributed by atoms with Crippen LogP contribution in [0.2, 0.25) is 0 Å². The third-order valence-corrected chi connectivity index (χ3v) is 0.878. The Balaban J connectivity index is 0.000000222. The molecule has 0 saturated carbocycles. The summed E-state index contributed by atoms with van der Waals surface area (Å²) in [5.41, 5.74) is 0. The van der Waals surface area contributed by atoms with E-state index in [4.69, 9.17) is 0 Å². The van der Waals surface area contributed by atoms with E-state index in [0.29, 0.717) is 0 Å². The maximum Gasteiger partial charge on any atom is -0.0168 e. The molecule has 1 aliphatic carbocycles. The molecule has 0 aliphatic heterocycles. The molecule has 0 nitrogen and oxygen atoms in total. The lowest BCUT2D eigenvalue weighted by molar-refractivity contribution is 1.03. The van der Waals surface area contributed by atoms with Gasteiger partial charge in [0.1, 0.15) is 0 Å². The third kappa shape index (κ3) is 3.91. The minimum atomic E-state index is 1.16. The smallest absolute Gasteiger partial charge is 0.0168 e. The van der Waals surface area contributed by atoms with E-state index in [1.807, 2.05) is 13.8 Å². The van der Waals surface area contributed by atoms with Crippen molar-refractivity contribution in [2.24, 2.45) is 0 Å². The molecule has 0 unspecified atom stereocenters. The summed E-state index contributed by atoms with van der Waals surface area (Å²) in [5.74, 6) is 0. The van der Waals surface area contributed by atoms with E-state index >= 15 is 0 Å². The van der Waals surface area contributed by atoms with Gasteiger partial charge in [0.2, 0.25) is 0 Å². The Labute approximate surface area is 52.6 Å². The highest BCUT2D eigenvalue weighted by Gasteiger charge is 1.88. The van der Waals surface area contributed by atoms with Gasteiger partial charge in [-0.2, -0.15) is 0 Å². The fourth-order valence-electron chi connectivity index (χ4n) is 0.542. The van der Waals surface area contributed by atoms with Crippen LogP contribution in [-0.2, 0) is 0 Å². The summed E-state index contributed by atoms with van der Waals surface area (Å²) in [5, 5.41) is 0. The lowest BCUT2D eigenvalue weighted by Gasteiger charge is -1.96. The van der Waals surface area contributed by atoms with Gasteiger partial charge in [-0.3, -0.25) is 0 Å². The van der Waals surface area contributed by atoms with Crippen LogP contribution >= 0.6 is 0 Å². The van der Waals surface area contributed by atoms with Crippen LogP contribution in [0.1, 0.15) is 26.7 Å². The van der Waals surface area contributed by atoms with Crippen molar-refractivity contribution in [3.63, 3.8) is 0 Å². The molecule has 0 atom stereocenters. The molecule has 2 radical (unpaired) electrons. The minimum absolute atomic E-state index is 1.16. The fourth-order valence-corrected chi connectivity index (χ4v) is 0.542. The molecule has 0 bridgehead atoms. The van der Waals surface area contributed by atoms with E-state index in [2.05, 4.69) is 25.0 Å². The van der Waals surface area contributed by atoms with Crippen molar-refractivity contribution in [2.45, 2.75) is 26.7 Å². The highest BCUT2D eigenvalue weighted by molar-refractivity contribution is 5.04. The van der Waals surface area contributed by atoms with Gasteiger partial charge in [-0.1, -0.05) is 26.0 Å². The molecule has 0 heterocycles. The van der Waals surface area contributed by atoms with Crippen molar-refractivity contribution in [1.29, 1.82) is 0 Å². The van der Waals surface area contributed by atoms with Gasteiger partial charge in [0.05, 0.1) is 0 Å². The molecular weight excluding hydrogens is 96.1 g/mol. The summed E-state index contributed by atoms with van der Waals surface area (Å²) < 4.78 is 0. The van der Waals surface area contributed by atoms with Crippen LogP contribution < -0.4 is 0 Å². The largest absolute Gasteiger partial charge is 0.0880 e. The fraction of sp³-hybridized carbons (Fsp3) is 0.500. The Morgan fingerprint density at radius 3 is 2.00 bits per heavy atom. The zero-order chi connectivity index (χ0) is 6.24. The van der Waals surface area contributed by atoms with Crippen molar-refractivity contribution in [2.75, 3.05) is 0 Å². The Morgan fingerprint density at radius 2 is 1.88 bits per heavy atom. The molecule has 0 fully saturated rings. The zero-order valence-corrected chi connectivity index (χ0v) is 5.72. The van der Waals surface area contributed by atoms with E-state index in [-0.39, 0.29) is 0 Å².